The molecule has 120 valence electrons. The molecule has 6 nitrogen and oxygen atoms in total. The van der Waals surface area contributed by atoms with E-state index in [-0.39, 0.29) is 5.75 Å². The lowest BCUT2D eigenvalue weighted by molar-refractivity contribution is 0.283. The van der Waals surface area contributed by atoms with Crippen molar-refractivity contribution in [1.29, 1.82) is 0 Å². The maximum Gasteiger partial charge on any atom is 0.524 e. The molecule has 3 N–H and O–H groups in total. The number of phosphoric acid groups is 1. The molecule has 7 heteroatoms. The van der Waals surface area contributed by atoms with Crippen molar-refractivity contribution in [2.24, 2.45) is 0 Å². The number of nitrogens with one attached hydrogen (secondary N) is 1. The fourth-order valence-corrected chi connectivity index (χ4v) is 2.79. The number of aromatic nitrogens is 1. The van der Waals surface area contributed by atoms with E-state index in [4.69, 9.17) is 9.79 Å². The number of nitrogens with zero attached hydrogens (tertiary/aromatic N) is 1. The second kappa shape index (κ2) is 7.11. The molecule has 0 spiro atoms. The van der Waals surface area contributed by atoms with E-state index in [0.29, 0.717) is 0 Å². The maximum absolute atomic E-state index is 10.9. The third-order valence-electron chi connectivity index (χ3n) is 3.50. The van der Waals surface area contributed by atoms with Gasteiger partial charge in [-0.3, -0.25) is 14.7 Å². The molecule has 2 aromatic rings. The first-order chi connectivity index (χ1) is 10.4. The molecule has 22 heavy (non-hydrogen) atoms. The van der Waals surface area contributed by atoms with Crippen molar-refractivity contribution in [2.45, 2.75) is 13.3 Å². The molecule has 0 aliphatic rings. The van der Waals surface area contributed by atoms with Crippen LogP contribution in [0.3, 0.4) is 0 Å². The molecule has 1 aromatic heterocycles. The molecule has 0 atom stereocenters. The van der Waals surface area contributed by atoms with E-state index in [0.717, 1.165) is 42.5 Å². The van der Waals surface area contributed by atoms with Crippen LogP contribution in [0.4, 0.5) is 0 Å². The molecule has 0 unspecified atom stereocenters. The van der Waals surface area contributed by atoms with E-state index in [1.165, 1.54) is 6.07 Å². The van der Waals surface area contributed by atoms with Gasteiger partial charge in [0.1, 0.15) is 5.75 Å². The number of benzene rings is 1. The number of hydrogen-bond donors (Lipinski definition) is 3. The fraction of sp³-hybridized carbons (Fsp3) is 0.333. The van der Waals surface area contributed by atoms with Crippen molar-refractivity contribution in [1.82, 2.24) is 9.88 Å². The minimum atomic E-state index is -4.54. The highest BCUT2D eigenvalue weighted by Crippen LogP contribution is 2.38. The van der Waals surface area contributed by atoms with Crippen molar-refractivity contribution < 1.29 is 18.9 Å². The number of rotatable bonds is 8. The summed E-state index contributed by atoms with van der Waals surface area (Å²) in [6.45, 7) is 8.52. The maximum atomic E-state index is 10.9. The Kier molecular flexibility index (Phi) is 5.42. The first-order valence-electron chi connectivity index (χ1n) is 7.11. The van der Waals surface area contributed by atoms with E-state index >= 15 is 0 Å². The zero-order chi connectivity index (χ0) is 16.2. The highest BCUT2D eigenvalue weighted by atomic mass is 31.2. The number of hydrogen-bond acceptors (Lipinski definition) is 3. The van der Waals surface area contributed by atoms with E-state index in [1.807, 2.05) is 12.3 Å². The Morgan fingerprint density at radius 3 is 2.86 bits per heavy atom. The van der Waals surface area contributed by atoms with Crippen LogP contribution in [0.2, 0.25) is 0 Å². The molecule has 2 rings (SSSR count). The molecule has 0 aliphatic heterocycles. The van der Waals surface area contributed by atoms with Crippen LogP contribution in [0.15, 0.2) is 37.1 Å². The van der Waals surface area contributed by atoms with Gasteiger partial charge in [-0.05, 0) is 36.7 Å². The third kappa shape index (κ3) is 4.45. The summed E-state index contributed by atoms with van der Waals surface area (Å²) >= 11 is 0. The molecular weight excluding hydrogens is 303 g/mol. The van der Waals surface area contributed by atoms with Crippen molar-refractivity contribution in [3.8, 4) is 5.75 Å². The van der Waals surface area contributed by atoms with Gasteiger partial charge < -0.3 is 9.51 Å². The Morgan fingerprint density at radius 1 is 1.45 bits per heavy atom. The highest BCUT2D eigenvalue weighted by molar-refractivity contribution is 7.46. The third-order valence-corrected chi connectivity index (χ3v) is 3.94. The Morgan fingerprint density at radius 2 is 2.23 bits per heavy atom. The summed E-state index contributed by atoms with van der Waals surface area (Å²) < 4.78 is 15.6. The zero-order valence-electron chi connectivity index (χ0n) is 12.5. The molecule has 0 bridgehead atoms. The molecule has 0 saturated heterocycles. The van der Waals surface area contributed by atoms with E-state index in [1.54, 1.807) is 12.1 Å². The molecule has 0 fully saturated rings. The topological polar surface area (TPSA) is 85.8 Å². The lowest BCUT2D eigenvalue weighted by atomic mass is 10.1. The number of H-pyrrole nitrogens is 1. The lowest BCUT2D eigenvalue weighted by Crippen LogP contribution is -2.25. The summed E-state index contributed by atoms with van der Waals surface area (Å²) in [4.78, 5) is 23.2. The van der Waals surface area contributed by atoms with E-state index < -0.39 is 7.82 Å². The summed E-state index contributed by atoms with van der Waals surface area (Å²) in [6, 6.07) is 4.95. The number of fused-ring (bicyclic) bond motifs is 1. The summed E-state index contributed by atoms with van der Waals surface area (Å²) in [5.74, 6) is 0.167. The Bertz CT molecular complexity index is 692. The van der Waals surface area contributed by atoms with Gasteiger partial charge in [-0.1, -0.05) is 13.0 Å². The Labute approximate surface area is 129 Å². The van der Waals surface area contributed by atoms with Gasteiger partial charge in [-0.25, -0.2) is 4.57 Å². The predicted octanol–water partition coefficient (Wildman–Crippen LogP) is 2.69. The van der Waals surface area contributed by atoms with Gasteiger partial charge in [0, 0.05) is 30.2 Å². The molecular formula is C15H21N2O4P. The van der Waals surface area contributed by atoms with E-state index in [2.05, 4.69) is 27.9 Å². The average Bonchev–Trinajstić information content (AvgIpc) is 2.84. The van der Waals surface area contributed by atoms with Crippen LogP contribution in [0.25, 0.3) is 10.9 Å². The average molecular weight is 324 g/mol. The first-order valence-corrected chi connectivity index (χ1v) is 8.64. The molecule has 0 aliphatic carbocycles. The smallest absolute Gasteiger partial charge is 0.404 e. The van der Waals surface area contributed by atoms with Crippen LogP contribution in [-0.2, 0) is 11.0 Å². The quantitative estimate of drug-likeness (QED) is 0.513. The highest BCUT2D eigenvalue weighted by Gasteiger charge is 2.16. The molecule has 0 saturated carbocycles. The van der Waals surface area contributed by atoms with Crippen molar-refractivity contribution in [3.63, 3.8) is 0 Å². The number of likely N-dealkylation sites (N-methyl/N-ethyl adjacent to an activating group) is 1. The summed E-state index contributed by atoms with van der Waals surface area (Å²) in [5, 5.41) is 0.917. The molecule has 1 heterocycles. The summed E-state index contributed by atoms with van der Waals surface area (Å²) in [5.41, 5.74) is 2.01. The standard InChI is InChI=1S/C15H21N2O4P/c1-3-8-17(4-2)9-7-12-11-16-15-6-5-13(10-14(12)15)21-22(18,19)20/h3,5-6,10-11,16H,1,4,7-9H2,2H3,(H2,18,19,20). The van der Waals surface area contributed by atoms with Crippen LogP contribution >= 0.6 is 7.82 Å². The van der Waals surface area contributed by atoms with Gasteiger partial charge in [0.15, 0.2) is 0 Å². The largest absolute Gasteiger partial charge is 0.524 e. The molecule has 1 aromatic carbocycles. The van der Waals surface area contributed by atoms with Gasteiger partial charge >= 0.3 is 7.82 Å². The van der Waals surface area contributed by atoms with Crippen LogP contribution in [0.5, 0.6) is 5.75 Å². The molecule has 0 radical (unpaired) electrons. The minimum Gasteiger partial charge on any atom is -0.404 e. The molecule has 0 amide bonds. The van der Waals surface area contributed by atoms with Gasteiger partial charge in [0.25, 0.3) is 0 Å². The summed E-state index contributed by atoms with van der Waals surface area (Å²) in [6.07, 6.45) is 4.64. The number of aromatic amines is 1. The second-order valence-electron chi connectivity index (χ2n) is 5.04. The predicted molar refractivity (Wildman–Crippen MR) is 87.0 cm³/mol. The fourth-order valence-electron chi connectivity index (χ4n) is 2.40. The lowest BCUT2D eigenvalue weighted by Gasteiger charge is -2.17. The van der Waals surface area contributed by atoms with Crippen LogP contribution in [0, 0.1) is 0 Å². The van der Waals surface area contributed by atoms with Gasteiger partial charge in [0.05, 0.1) is 0 Å². The Balaban J connectivity index is 2.18. The normalized spacial score (nSPS) is 12.0. The van der Waals surface area contributed by atoms with Crippen LogP contribution in [-0.4, -0.2) is 39.3 Å². The van der Waals surface area contributed by atoms with E-state index in [9.17, 15) is 4.57 Å². The number of phosphoric ester groups is 1. The van der Waals surface area contributed by atoms with Crippen molar-refractivity contribution in [2.75, 3.05) is 19.6 Å². The van der Waals surface area contributed by atoms with Crippen LogP contribution in [0.1, 0.15) is 12.5 Å². The van der Waals surface area contributed by atoms with Crippen LogP contribution < -0.4 is 4.52 Å². The zero-order valence-corrected chi connectivity index (χ0v) is 13.4. The summed E-state index contributed by atoms with van der Waals surface area (Å²) in [7, 11) is -4.54. The SMILES string of the molecule is C=CCN(CC)CCc1c[nH]c2ccc(OP(=O)(O)O)cc12. The van der Waals surface area contributed by atoms with Gasteiger partial charge in [-0.15, -0.1) is 6.58 Å². The van der Waals surface area contributed by atoms with Gasteiger partial charge in [-0.2, -0.15) is 0 Å². The first kappa shape index (κ1) is 16.8. The van der Waals surface area contributed by atoms with Gasteiger partial charge in [0.2, 0.25) is 0 Å². The van der Waals surface area contributed by atoms with Crippen molar-refractivity contribution in [3.05, 3.63) is 42.6 Å². The monoisotopic (exact) mass is 324 g/mol. The van der Waals surface area contributed by atoms with Crippen molar-refractivity contribution >= 4 is 18.7 Å². The second-order valence-corrected chi connectivity index (χ2v) is 6.20. The Hall–Kier alpha value is -1.59. The minimum absolute atomic E-state index is 0.167.